The van der Waals surface area contributed by atoms with E-state index < -0.39 is 32.1 Å². The third kappa shape index (κ3) is 6.30. The molecule has 1 aromatic heterocycles. The zero-order valence-corrected chi connectivity index (χ0v) is 22.0. The maximum Gasteiger partial charge on any atom is 0.311 e. The highest BCUT2D eigenvalue weighted by Crippen LogP contribution is 2.51. The molecule has 0 fully saturated rings. The van der Waals surface area contributed by atoms with Gasteiger partial charge in [-0.15, -0.1) is 0 Å². The van der Waals surface area contributed by atoms with Crippen LogP contribution in [0.3, 0.4) is 0 Å². The Morgan fingerprint density at radius 3 is 2.43 bits per heavy atom. The van der Waals surface area contributed by atoms with Crippen LogP contribution in [0.15, 0.2) is 48.5 Å². The molecule has 0 spiro atoms. The first kappa shape index (κ1) is 27.1. The van der Waals surface area contributed by atoms with Crippen LogP contribution in [-0.2, 0) is 28.9 Å². The molecule has 2 aromatic carbocycles. The molecular formula is C29H32FNO5P+. The molecule has 0 bridgehead atoms. The standard InChI is InChI=1S/C29H31FNO5P/c1-18(2)28-25(14-15-37(35,36)17-22(32)16-26(33)34)27(20-10-12-21(30)13-11-20)24-9-5-7-19-6-3-4-8-23(19)29(24)31-28/h3-4,6,8,10-13,18,35-36H,5,7,9,14-17H2,1-2H3/p+1. The molecule has 0 saturated carbocycles. The maximum absolute atomic E-state index is 13.9. The Morgan fingerprint density at radius 1 is 1.05 bits per heavy atom. The molecule has 4 rings (SSSR count). The third-order valence-electron chi connectivity index (χ3n) is 6.75. The van der Waals surface area contributed by atoms with Gasteiger partial charge in [0.1, 0.15) is 18.4 Å². The number of Topliss-reactive ketones (excluding diaryl/α,β-unsaturated/α-hetero) is 1. The zero-order chi connectivity index (χ0) is 26.7. The van der Waals surface area contributed by atoms with Gasteiger partial charge in [-0.3, -0.25) is 14.6 Å². The molecule has 37 heavy (non-hydrogen) atoms. The highest BCUT2D eigenvalue weighted by Gasteiger charge is 2.37. The first-order valence-electron chi connectivity index (χ1n) is 12.5. The van der Waals surface area contributed by atoms with Crippen LogP contribution in [0.25, 0.3) is 22.4 Å². The summed E-state index contributed by atoms with van der Waals surface area (Å²) in [5.74, 6) is -2.31. The molecule has 0 radical (unpaired) electrons. The maximum atomic E-state index is 13.9. The summed E-state index contributed by atoms with van der Waals surface area (Å²) in [6.07, 6.45) is 1.49. The molecule has 1 aliphatic carbocycles. The van der Waals surface area contributed by atoms with Gasteiger partial charge in [-0.25, -0.2) is 14.2 Å². The summed E-state index contributed by atoms with van der Waals surface area (Å²) in [6, 6.07) is 14.6. The molecular weight excluding hydrogens is 492 g/mol. The number of carboxylic acid groups (broad SMARTS) is 1. The van der Waals surface area contributed by atoms with Crippen molar-refractivity contribution in [3.63, 3.8) is 0 Å². The van der Waals surface area contributed by atoms with Crippen molar-refractivity contribution >= 4 is 19.5 Å². The number of nitrogens with zero attached hydrogens (tertiary/aromatic N) is 1. The number of aliphatic carboxylic acids is 1. The van der Waals surface area contributed by atoms with Crippen molar-refractivity contribution in [2.24, 2.45) is 0 Å². The molecule has 0 saturated heterocycles. The lowest BCUT2D eigenvalue weighted by Crippen LogP contribution is -2.17. The van der Waals surface area contributed by atoms with Crippen molar-refractivity contribution in [2.45, 2.75) is 51.9 Å². The van der Waals surface area contributed by atoms with Crippen molar-refractivity contribution in [3.05, 3.63) is 76.7 Å². The number of pyridine rings is 1. The number of hydrogen-bond donors (Lipinski definition) is 3. The van der Waals surface area contributed by atoms with Crippen molar-refractivity contribution in [2.75, 3.05) is 12.3 Å². The SMILES string of the molecule is CC(C)c1nc2c(c(-c3ccc(F)cc3)c1CC[P+](O)(O)CC(=O)CC(=O)O)CCCc1ccccc1-2. The number of halogens is 1. The van der Waals surface area contributed by atoms with Crippen LogP contribution in [0.4, 0.5) is 4.39 Å². The van der Waals surface area contributed by atoms with Gasteiger partial charge in [-0.1, -0.05) is 50.2 Å². The summed E-state index contributed by atoms with van der Waals surface area (Å²) in [5.41, 5.74) is 7.72. The average molecular weight is 525 g/mol. The molecule has 1 heterocycles. The van der Waals surface area contributed by atoms with E-state index in [9.17, 15) is 23.8 Å². The first-order valence-corrected chi connectivity index (χ1v) is 14.6. The van der Waals surface area contributed by atoms with Crippen molar-refractivity contribution in [3.8, 4) is 22.4 Å². The van der Waals surface area contributed by atoms with Crippen LogP contribution in [0.5, 0.6) is 0 Å². The van der Waals surface area contributed by atoms with E-state index in [0.717, 1.165) is 58.5 Å². The molecule has 0 amide bonds. The van der Waals surface area contributed by atoms with Gasteiger partial charge in [0.15, 0.2) is 11.9 Å². The number of carbonyl (C=O) groups excluding carboxylic acids is 1. The van der Waals surface area contributed by atoms with E-state index in [1.165, 1.54) is 17.7 Å². The van der Waals surface area contributed by atoms with Crippen molar-refractivity contribution in [1.82, 2.24) is 4.98 Å². The number of carboxylic acids is 1. The second kappa shape index (κ2) is 11.2. The van der Waals surface area contributed by atoms with Gasteiger partial charge >= 0.3 is 5.97 Å². The summed E-state index contributed by atoms with van der Waals surface area (Å²) in [6.45, 7) is 4.07. The Bertz CT molecular complexity index is 1320. The van der Waals surface area contributed by atoms with Crippen LogP contribution in [0.2, 0.25) is 0 Å². The zero-order valence-electron chi connectivity index (χ0n) is 21.1. The minimum atomic E-state index is -3.68. The van der Waals surface area contributed by atoms with E-state index >= 15 is 0 Å². The Labute approximate surface area is 216 Å². The number of ketones is 1. The summed E-state index contributed by atoms with van der Waals surface area (Å²) >= 11 is 0. The van der Waals surface area contributed by atoms with E-state index in [1.54, 1.807) is 12.1 Å². The molecule has 3 N–H and O–H groups in total. The fourth-order valence-electron chi connectivity index (χ4n) is 5.15. The highest BCUT2D eigenvalue weighted by molar-refractivity contribution is 7.65. The smallest absolute Gasteiger partial charge is 0.311 e. The van der Waals surface area contributed by atoms with Crippen molar-refractivity contribution < 1.29 is 28.9 Å². The number of aryl methyl sites for hydroxylation is 1. The number of benzene rings is 2. The quantitative estimate of drug-likeness (QED) is 0.249. The van der Waals surface area contributed by atoms with Crippen LogP contribution >= 0.6 is 7.72 Å². The van der Waals surface area contributed by atoms with E-state index in [-0.39, 0.29) is 24.3 Å². The monoisotopic (exact) mass is 524 g/mol. The predicted molar refractivity (Wildman–Crippen MR) is 143 cm³/mol. The molecule has 0 unspecified atom stereocenters. The second-order valence-electron chi connectivity index (χ2n) is 9.97. The van der Waals surface area contributed by atoms with E-state index in [2.05, 4.69) is 12.1 Å². The van der Waals surface area contributed by atoms with Gasteiger partial charge in [0.25, 0.3) is 7.72 Å². The molecule has 0 aliphatic heterocycles. The molecule has 1 aliphatic rings. The molecule has 8 heteroatoms. The van der Waals surface area contributed by atoms with Crippen LogP contribution in [0.1, 0.15) is 55.0 Å². The summed E-state index contributed by atoms with van der Waals surface area (Å²) in [7, 11) is -3.68. The van der Waals surface area contributed by atoms with E-state index in [4.69, 9.17) is 10.1 Å². The minimum absolute atomic E-state index is 0.0219. The van der Waals surface area contributed by atoms with Gasteiger partial charge < -0.3 is 5.11 Å². The molecule has 0 atom stereocenters. The second-order valence-corrected chi connectivity index (χ2v) is 12.5. The largest absolute Gasteiger partial charge is 0.481 e. The lowest BCUT2D eigenvalue weighted by atomic mass is 9.86. The average Bonchev–Trinajstić information content (AvgIpc) is 3.01. The summed E-state index contributed by atoms with van der Waals surface area (Å²) < 4.78 is 13.9. The molecule has 194 valence electrons. The van der Waals surface area contributed by atoms with Gasteiger partial charge in [-0.05, 0) is 65.1 Å². The number of aromatic nitrogens is 1. The summed E-state index contributed by atoms with van der Waals surface area (Å²) in [5, 5.41) is 8.87. The molecule has 6 nitrogen and oxygen atoms in total. The number of carbonyl (C=O) groups is 2. The van der Waals surface area contributed by atoms with Gasteiger partial charge in [0, 0.05) is 17.7 Å². The predicted octanol–water partition coefficient (Wildman–Crippen LogP) is 5.59. The Balaban J connectivity index is 1.86. The van der Waals surface area contributed by atoms with E-state index in [0.29, 0.717) is 0 Å². The fourth-order valence-corrected chi connectivity index (χ4v) is 6.56. The molecule has 3 aromatic rings. The number of fused-ring (bicyclic) bond motifs is 3. The van der Waals surface area contributed by atoms with Crippen LogP contribution < -0.4 is 0 Å². The lowest BCUT2D eigenvalue weighted by molar-refractivity contribution is -0.139. The van der Waals surface area contributed by atoms with Crippen LogP contribution in [-0.4, -0.2) is 44.0 Å². The topological polar surface area (TPSA) is 108 Å². The first-order chi connectivity index (χ1) is 17.6. The van der Waals surface area contributed by atoms with E-state index in [1.807, 2.05) is 26.0 Å². The minimum Gasteiger partial charge on any atom is -0.481 e. The Kier molecular flexibility index (Phi) is 8.17. The lowest BCUT2D eigenvalue weighted by Gasteiger charge is -2.24. The number of rotatable bonds is 9. The highest BCUT2D eigenvalue weighted by atomic mass is 31.2. The van der Waals surface area contributed by atoms with Gasteiger partial charge in [-0.2, -0.15) is 0 Å². The summed E-state index contributed by atoms with van der Waals surface area (Å²) in [4.78, 5) is 49.4. The fraction of sp³-hybridized carbons (Fsp3) is 0.345. The van der Waals surface area contributed by atoms with Crippen molar-refractivity contribution in [1.29, 1.82) is 0 Å². The Hall–Kier alpha value is -2.99. The normalized spacial score (nSPS) is 13.1. The number of hydrogen-bond acceptors (Lipinski definition) is 5. The van der Waals surface area contributed by atoms with Crippen LogP contribution in [0, 0.1) is 5.82 Å². The third-order valence-corrected chi connectivity index (χ3v) is 8.55. The Morgan fingerprint density at radius 2 is 1.76 bits per heavy atom. The van der Waals surface area contributed by atoms with Gasteiger partial charge in [0.05, 0.1) is 5.69 Å². The van der Waals surface area contributed by atoms with Gasteiger partial charge in [0.2, 0.25) is 0 Å².